The number of rotatable bonds is 5. The predicted octanol–water partition coefficient (Wildman–Crippen LogP) is 5.49. The van der Waals surface area contributed by atoms with Crippen LogP contribution in [0.4, 0.5) is 5.69 Å². The first-order valence-electron chi connectivity index (χ1n) is 9.67. The largest absolute Gasteiger partial charge is 0.486 e. The molecule has 0 aliphatic rings. The average molecular weight is 399 g/mol. The number of aryl methyl sites for hydroxylation is 1. The van der Waals surface area contributed by atoms with Gasteiger partial charge in [0.25, 0.3) is 5.91 Å². The maximum Gasteiger partial charge on any atom is 0.336 e. The second-order valence-electron chi connectivity index (χ2n) is 7.11. The smallest absolute Gasteiger partial charge is 0.336 e. The van der Waals surface area contributed by atoms with Crippen LogP contribution in [-0.2, 0) is 0 Å². The molecule has 1 amide bonds. The Hall–Kier alpha value is -3.86. The molecule has 0 aliphatic heterocycles. The molecular formula is C25H21NO4. The van der Waals surface area contributed by atoms with Gasteiger partial charge in [0, 0.05) is 28.8 Å². The fraction of sp³-hybridized carbons (Fsp3) is 0.120. The zero-order valence-corrected chi connectivity index (χ0v) is 16.7. The molecule has 1 atom stereocenters. The molecule has 0 bridgehead atoms. The second-order valence-corrected chi connectivity index (χ2v) is 7.11. The highest BCUT2D eigenvalue weighted by atomic mass is 16.5. The molecular weight excluding hydrogens is 378 g/mol. The molecule has 0 spiro atoms. The molecule has 0 fully saturated rings. The third-order valence-corrected chi connectivity index (χ3v) is 4.91. The van der Waals surface area contributed by atoms with Crippen LogP contribution < -0.4 is 15.7 Å². The van der Waals surface area contributed by atoms with E-state index in [9.17, 15) is 9.59 Å². The number of carbonyl (C=O) groups is 1. The molecule has 0 saturated heterocycles. The van der Waals surface area contributed by atoms with Crippen LogP contribution in [0.15, 0.2) is 88.1 Å². The van der Waals surface area contributed by atoms with Gasteiger partial charge >= 0.3 is 5.63 Å². The van der Waals surface area contributed by atoms with E-state index in [1.807, 2.05) is 50.2 Å². The molecule has 4 rings (SSSR count). The first kappa shape index (κ1) is 19.5. The molecule has 1 N–H and O–H groups in total. The van der Waals surface area contributed by atoms with Crippen molar-refractivity contribution in [2.24, 2.45) is 0 Å². The van der Waals surface area contributed by atoms with E-state index in [1.165, 1.54) is 6.07 Å². The van der Waals surface area contributed by atoms with Gasteiger partial charge in [-0.25, -0.2) is 4.79 Å². The maximum atomic E-state index is 12.6. The number of hydrogen-bond acceptors (Lipinski definition) is 4. The Morgan fingerprint density at radius 3 is 2.43 bits per heavy atom. The highest BCUT2D eigenvalue weighted by molar-refractivity contribution is 6.05. The zero-order valence-electron chi connectivity index (χ0n) is 16.7. The van der Waals surface area contributed by atoms with Gasteiger partial charge in [0.2, 0.25) is 0 Å². The number of amides is 1. The van der Waals surface area contributed by atoms with E-state index in [0.29, 0.717) is 22.6 Å². The number of nitrogens with one attached hydrogen (secondary N) is 1. The Kier molecular flexibility index (Phi) is 5.35. The van der Waals surface area contributed by atoms with Crippen molar-refractivity contribution in [3.8, 4) is 5.75 Å². The summed E-state index contributed by atoms with van der Waals surface area (Å²) in [5.41, 5.74) is 3.00. The van der Waals surface area contributed by atoms with Gasteiger partial charge in [-0.2, -0.15) is 0 Å². The molecule has 30 heavy (non-hydrogen) atoms. The number of fused-ring (bicyclic) bond motifs is 1. The molecule has 0 saturated carbocycles. The lowest BCUT2D eigenvalue weighted by molar-refractivity contribution is 0.102. The Balaban J connectivity index is 1.46. The summed E-state index contributed by atoms with van der Waals surface area (Å²) in [6, 6.07) is 23.6. The summed E-state index contributed by atoms with van der Waals surface area (Å²) in [6.07, 6.45) is -0.0958. The number of carbonyl (C=O) groups excluding carboxylic acids is 1. The quantitative estimate of drug-likeness (QED) is 0.450. The normalized spacial score (nSPS) is 11.8. The maximum absolute atomic E-state index is 12.6. The van der Waals surface area contributed by atoms with Gasteiger partial charge in [-0.3, -0.25) is 4.79 Å². The summed E-state index contributed by atoms with van der Waals surface area (Å²) in [7, 11) is 0. The lowest BCUT2D eigenvalue weighted by atomic mass is 10.1. The van der Waals surface area contributed by atoms with Crippen molar-refractivity contribution in [1.29, 1.82) is 0 Å². The molecule has 0 aliphatic carbocycles. The third-order valence-electron chi connectivity index (χ3n) is 4.91. The third kappa shape index (κ3) is 4.25. The van der Waals surface area contributed by atoms with E-state index >= 15 is 0 Å². The van der Waals surface area contributed by atoms with Crippen molar-refractivity contribution in [2.45, 2.75) is 20.0 Å². The van der Waals surface area contributed by atoms with Crippen molar-refractivity contribution >= 4 is 22.6 Å². The zero-order chi connectivity index (χ0) is 21.1. The molecule has 5 heteroatoms. The van der Waals surface area contributed by atoms with Crippen LogP contribution in [0.5, 0.6) is 5.75 Å². The van der Waals surface area contributed by atoms with Gasteiger partial charge in [0.1, 0.15) is 17.4 Å². The van der Waals surface area contributed by atoms with Gasteiger partial charge in [-0.1, -0.05) is 30.3 Å². The topological polar surface area (TPSA) is 68.5 Å². The van der Waals surface area contributed by atoms with Crippen LogP contribution in [0.3, 0.4) is 0 Å². The van der Waals surface area contributed by atoms with Crippen molar-refractivity contribution in [3.05, 3.63) is 106 Å². The average Bonchev–Trinajstić information content (AvgIpc) is 2.74. The summed E-state index contributed by atoms with van der Waals surface area (Å²) in [4.78, 5) is 24.2. The first-order chi connectivity index (χ1) is 14.5. The molecule has 5 nitrogen and oxygen atoms in total. The number of ether oxygens (including phenoxy) is 1. The van der Waals surface area contributed by atoms with Gasteiger partial charge in [-0.15, -0.1) is 0 Å². The monoisotopic (exact) mass is 399 g/mol. The van der Waals surface area contributed by atoms with Gasteiger partial charge in [-0.05, 0) is 61.4 Å². The summed E-state index contributed by atoms with van der Waals surface area (Å²) >= 11 is 0. The Morgan fingerprint density at radius 2 is 1.70 bits per heavy atom. The fourth-order valence-electron chi connectivity index (χ4n) is 3.29. The van der Waals surface area contributed by atoms with Crippen LogP contribution in [0.1, 0.15) is 34.5 Å². The first-order valence-corrected chi connectivity index (χ1v) is 9.67. The SMILES string of the molecule is Cc1cc(=O)oc2cc(NC(=O)c3ccc(OC(C)c4ccccc4)cc3)ccc12. The van der Waals surface area contributed by atoms with E-state index in [2.05, 4.69) is 5.32 Å². The summed E-state index contributed by atoms with van der Waals surface area (Å²) in [5, 5.41) is 3.67. The molecule has 150 valence electrons. The number of benzene rings is 3. The predicted molar refractivity (Wildman–Crippen MR) is 117 cm³/mol. The minimum absolute atomic E-state index is 0.0958. The van der Waals surface area contributed by atoms with Crippen LogP contribution in [0.2, 0.25) is 0 Å². The highest BCUT2D eigenvalue weighted by Crippen LogP contribution is 2.23. The summed E-state index contributed by atoms with van der Waals surface area (Å²) in [5.74, 6) is 0.429. The summed E-state index contributed by atoms with van der Waals surface area (Å²) in [6.45, 7) is 3.83. The molecule has 4 aromatic rings. The van der Waals surface area contributed by atoms with E-state index in [4.69, 9.17) is 9.15 Å². The number of anilines is 1. The highest BCUT2D eigenvalue weighted by Gasteiger charge is 2.10. The molecule has 1 aromatic heterocycles. The van der Waals surface area contributed by atoms with Gasteiger partial charge in [0.15, 0.2) is 0 Å². The van der Waals surface area contributed by atoms with E-state index in [1.54, 1.807) is 36.4 Å². The van der Waals surface area contributed by atoms with Crippen LogP contribution in [-0.4, -0.2) is 5.91 Å². The Bertz CT molecular complexity index is 1240. The Morgan fingerprint density at radius 1 is 0.967 bits per heavy atom. The van der Waals surface area contributed by atoms with Crippen molar-refractivity contribution in [3.63, 3.8) is 0 Å². The molecule has 0 radical (unpaired) electrons. The molecule has 1 unspecified atom stereocenters. The lowest BCUT2D eigenvalue weighted by Crippen LogP contribution is -2.12. The molecule has 3 aromatic carbocycles. The standard InChI is InChI=1S/C25H21NO4/c1-16-14-24(27)30-23-15-20(10-13-22(16)23)26-25(28)19-8-11-21(12-9-19)29-17(2)18-6-4-3-5-7-18/h3-15,17H,1-2H3,(H,26,28). The van der Waals surface area contributed by atoms with E-state index < -0.39 is 5.63 Å². The van der Waals surface area contributed by atoms with Crippen molar-refractivity contribution in [2.75, 3.05) is 5.32 Å². The Labute approximate surface area is 173 Å². The van der Waals surface area contributed by atoms with Crippen LogP contribution >= 0.6 is 0 Å². The number of hydrogen-bond donors (Lipinski definition) is 1. The van der Waals surface area contributed by atoms with Gasteiger partial charge < -0.3 is 14.5 Å². The lowest BCUT2D eigenvalue weighted by Gasteiger charge is -2.15. The van der Waals surface area contributed by atoms with Gasteiger partial charge in [0.05, 0.1) is 0 Å². The molecule has 1 heterocycles. The minimum Gasteiger partial charge on any atom is -0.486 e. The van der Waals surface area contributed by atoms with Crippen molar-refractivity contribution in [1.82, 2.24) is 0 Å². The van der Waals surface area contributed by atoms with Crippen LogP contribution in [0.25, 0.3) is 11.0 Å². The van der Waals surface area contributed by atoms with E-state index in [-0.39, 0.29) is 12.0 Å². The van der Waals surface area contributed by atoms with E-state index in [0.717, 1.165) is 16.5 Å². The second kappa shape index (κ2) is 8.25. The van der Waals surface area contributed by atoms with Crippen molar-refractivity contribution < 1.29 is 13.9 Å². The van der Waals surface area contributed by atoms with Crippen LogP contribution in [0, 0.1) is 6.92 Å². The summed E-state index contributed by atoms with van der Waals surface area (Å²) < 4.78 is 11.2. The minimum atomic E-state index is -0.413. The fourth-order valence-corrected chi connectivity index (χ4v) is 3.29.